The molecule has 4 heteroatoms. The molecule has 0 N–H and O–H groups in total. The van der Waals surface area contributed by atoms with Crippen molar-refractivity contribution in [3.05, 3.63) is 171 Å². The molecule has 329 valence electrons. The minimum atomic E-state index is -5.71. The molecule has 64 heavy (non-hydrogen) atoms. The Labute approximate surface area is 395 Å². The molecule has 0 aromatic heterocycles. The first-order valence-electron chi connectivity index (χ1n) is 24.9. The third-order valence-electron chi connectivity index (χ3n) is 15.2. The number of hydrogen-bond acceptors (Lipinski definition) is 0. The second kappa shape index (κ2) is 19.0. The topological polar surface area (TPSA) is 0 Å². The van der Waals surface area contributed by atoms with Crippen molar-refractivity contribution >= 4 is 52.3 Å². The summed E-state index contributed by atoms with van der Waals surface area (Å²) < 4.78 is 1.20. The van der Waals surface area contributed by atoms with E-state index in [-0.39, 0.29) is 7.25 Å². The zero-order chi connectivity index (χ0) is 44.6. The van der Waals surface area contributed by atoms with Gasteiger partial charge in [-0.3, -0.25) is 0 Å². The second-order valence-corrected chi connectivity index (χ2v) is 41.5. The first kappa shape index (κ1) is 45.6. The number of allylic oxidation sites excluding steroid dienone is 2. The van der Waals surface area contributed by atoms with Gasteiger partial charge in [0.05, 0.1) is 0 Å². The predicted molar refractivity (Wildman–Crippen MR) is 282 cm³/mol. The first-order valence-corrected chi connectivity index (χ1v) is 36.7. The van der Waals surface area contributed by atoms with Crippen LogP contribution in [0, 0.1) is 0 Å². The number of halogens is 2. The molecule has 3 aliphatic rings. The fourth-order valence-electron chi connectivity index (χ4n) is 12.4. The molecule has 1 heterocycles. The van der Waals surface area contributed by atoms with Crippen molar-refractivity contribution in [2.45, 2.75) is 126 Å². The third-order valence-corrected chi connectivity index (χ3v) is 38.0. The van der Waals surface area contributed by atoms with Gasteiger partial charge < -0.3 is 0 Å². The Kier molecular flexibility index (Phi) is 13.5. The van der Waals surface area contributed by atoms with Gasteiger partial charge in [-0.25, -0.2) is 0 Å². The number of hydrogen-bond donors (Lipinski definition) is 0. The predicted octanol–water partition coefficient (Wildman–Crippen LogP) is 15.4. The summed E-state index contributed by atoms with van der Waals surface area (Å²) in [6.45, 7) is 13.9. The third kappa shape index (κ3) is 7.60. The van der Waals surface area contributed by atoms with Crippen LogP contribution in [0.15, 0.2) is 126 Å². The van der Waals surface area contributed by atoms with E-state index in [2.05, 4.69) is 169 Å². The van der Waals surface area contributed by atoms with Gasteiger partial charge >= 0.3 is 399 Å². The Morgan fingerprint density at radius 3 is 1.41 bits per heavy atom. The van der Waals surface area contributed by atoms with Gasteiger partial charge in [-0.1, -0.05) is 0 Å². The van der Waals surface area contributed by atoms with Crippen molar-refractivity contribution in [2.24, 2.45) is 0 Å². The Bertz CT molecular complexity index is 2650. The molecule has 2 aliphatic carbocycles. The molecule has 9 rings (SSSR count). The molecule has 2 unspecified atom stereocenters. The summed E-state index contributed by atoms with van der Waals surface area (Å²) in [7, 11) is 18.3. The maximum atomic E-state index is 9.59. The molecule has 0 amide bonds. The van der Waals surface area contributed by atoms with E-state index in [1.807, 2.05) is 0 Å². The van der Waals surface area contributed by atoms with Crippen LogP contribution in [0.3, 0.4) is 0 Å². The molecule has 0 nitrogen and oxygen atoms in total. The quantitative estimate of drug-likeness (QED) is 0.0798. The van der Waals surface area contributed by atoms with E-state index >= 15 is 0 Å². The molecular formula is C60H67Cl2SiZr. The van der Waals surface area contributed by atoms with Crippen LogP contribution >= 0.6 is 17.0 Å². The van der Waals surface area contributed by atoms with E-state index in [9.17, 15) is 17.0 Å². The van der Waals surface area contributed by atoms with Crippen molar-refractivity contribution in [3.63, 3.8) is 0 Å². The maximum absolute atomic E-state index is 9.59. The molecular weight excluding hydrogens is 911 g/mol. The van der Waals surface area contributed by atoms with Crippen LogP contribution < -0.4 is 13.6 Å². The number of fused-ring (bicyclic) bond motifs is 5. The van der Waals surface area contributed by atoms with Gasteiger partial charge in [0.2, 0.25) is 0 Å². The molecule has 0 saturated heterocycles. The van der Waals surface area contributed by atoms with E-state index in [4.69, 9.17) is 0 Å². The summed E-state index contributed by atoms with van der Waals surface area (Å²) in [6, 6.07) is 44.6. The van der Waals surface area contributed by atoms with Gasteiger partial charge in [-0.2, -0.15) is 0 Å². The number of benzene rings is 6. The van der Waals surface area contributed by atoms with E-state index in [1.165, 1.54) is 103 Å². The fraction of sp³-hybridized carbons (Fsp3) is 0.333. The molecule has 0 saturated carbocycles. The molecule has 2 atom stereocenters. The van der Waals surface area contributed by atoms with Crippen LogP contribution in [0.2, 0.25) is 0 Å². The first-order chi connectivity index (χ1) is 31.2. The van der Waals surface area contributed by atoms with Gasteiger partial charge in [-0.05, 0) is 0 Å². The summed E-state index contributed by atoms with van der Waals surface area (Å²) in [5.41, 5.74) is 22.5. The van der Waals surface area contributed by atoms with Crippen LogP contribution in [0.5, 0.6) is 0 Å². The average Bonchev–Trinajstić information content (AvgIpc) is 4.02. The fourth-order valence-corrected chi connectivity index (χ4v) is 40.4. The molecule has 1 aliphatic heterocycles. The van der Waals surface area contributed by atoms with Gasteiger partial charge in [0.1, 0.15) is 0 Å². The second-order valence-electron chi connectivity index (χ2n) is 19.1. The molecule has 0 spiro atoms. The minimum absolute atomic E-state index is 0.0681. The van der Waals surface area contributed by atoms with E-state index in [0.29, 0.717) is 0 Å². The Balaban J connectivity index is 1.41. The Morgan fingerprint density at radius 1 is 0.453 bits per heavy atom. The van der Waals surface area contributed by atoms with Crippen LogP contribution in [0.25, 0.3) is 45.5 Å². The zero-order valence-corrected chi connectivity index (χ0v) is 44.6. The van der Waals surface area contributed by atoms with Crippen molar-refractivity contribution < 1.29 is 16.4 Å². The van der Waals surface area contributed by atoms with Gasteiger partial charge in [-0.15, -0.1) is 0 Å². The summed E-state index contributed by atoms with van der Waals surface area (Å²) in [4.78, 5) is 0. The summed E-state index contributed by atoms with van der Waals surface area (Å²) in [5.74, 6) is 0. The van der Waals surface area contributed by atoms with Crippen LogP contribution in [0.1, 0.15) is 145 Å². The van der Waals surface area contributed by atoms with Crippen molar-refractivity contribution in [1.29, 1.82) is 0 Å². The Morgan fingerprint density at radius 2 is 0.922 bits per heavy atom. The summed E-state index contributed by atoms with van der Waals surface area (Å²) in [6.07, 6.45) is 18.0. The SMILES string of the molecule is CCCCC1=Cc2c(ccc(CCC)c2-c2ccccc2CC)[CH]1[Zr]([Cl])([Cl])([c]1cccc2c1[SiH2]c1ccccc1-2)[CH]1C(CCCC)=Cc2c1ccc(CCC)c2-c1ccccc1CC. The molecule has 6 aromatic rings. The van der Waals surface area contributed by atoms with Gasteiger partial charge in [0, 0.05) is 0 Å². The monoisotopic (exact) mass is 975 g/mol. The molecule has 0 radical (unpaired) electrons. The van der Waals surface area contributed by atoms with Crippen LogP contribution in [-0.4, -0.2) is 9.52 Å². The van der Waals surface area contributed by atoms with Crippen LogP contribution in [-0.2, 0) is 42.1 Å². The van der Waals surface area contributed by atoms with Crippen LogP contribution in [0.4, 0.5) is 0 Å². The molecule has 0 fully saturated rings. The van der Waals surface area contributed by atoms with E-state index < -0.39 is 25.9 Å². The van der Waals surface area contributed by atoms with Gasteiger partial charge in [0.15, 0.2) is 0 Å². The molecule has 6 aromatic carbocycles. The summed E-state index contributed by atoms with van der Waals surface area (Å²) >= 11 is -5.71. The van der Waals surface area contributed by atoms with Crippen molar-refractivity contribution in [1.82, 2.24) is 0 Å². The number of aryl methyl sites for hydroxylation is 4. The average molecular weight is 978 g/mol. The van der Waals surface area contributed by atoms with Crippen molar-refractivity contribution in [3.8, 4) is 33.4 Å². The molecule has 0 bridgehead atoms. The number of unbranched alkanes of at least 4 members (excludes halogenated alkanes) is 2. The van der Waals surface area contributed by atoms with E-state index in [1.54, 1.807) is 0 Å². The Hall–Kier alpha value is -3.52. The van der Waals surface area contributed by atoms with Gasteiger partial charge in [0.25, 0.3) is 0 Å². The van der Waals surface area contributed by atoms with E-state index in [0.717, 1.165) is 77.0 Å². The normalized spacial score (nSPS) is 17.1. The van der Waals surface area contributed by atoms with Crippen molar-refractivity contribution in [2.75, 3.05) is 0 Å². The zero-order valence-electron chi connectivity index (χ0n) is 39.2. The number of rotatable bonds is 17. The standard InChI is InChI=1S/2C24H29.C12H9Si.2ClH.Zr/c2*1-4-7-11-18-16-21-15-14-20(10-5-2)24(23(21)17-18)22-13-9-8-12-19(22)6-3;1-3-7-11-9(5-1)10-6-2-4-8-12(10)13-11;;;/h2*8-9,12-17H,4-7,10-11H2,1-3H3;1-7H,13H2;2*1H;/q;;;;;+2/p-2. The summed E-state index contributed by atoms with van der Waals surface area (Å²) in [5, 5.41) is 3.02.